The van der Waals surface area contributed by atoms with Crippen LogP contribution in [0, 0.1) is 16.0 Å². The molecule has 0 heterocycles. The molecule has 5 heteroatoms. The normalized spacial score (nSPS) is 23.9. The van der Waals surface area contributed by atoms with Crippen LogP contribution in [0.5, 0.6) is 0 Å². The van der Waals surface area contributed by atoms with Gasteiger partial charge < -0.3 is 5.73 Å². The molecule has 1 fully saturated rings. The van der Waals surface area contributed by atoms with E-state index in [0.29, 0.717) is 10.4 Å². The Balaban J connectivity index is 2.21. The van der Waals surface area contributed by atoms with Crippen molar-refractivity contribution in [1.82, 2.24) is 0 Å². The lowest BCUT2D eigenvalue weighted by Crippen LogP contribution is -2.26. The maximum Gasteiger partial charge on any atom is 0.283 e. The van der Waals surface area contributed by atoms with E-state index in [4.69, 9.17) is 5.73 Å². The topological polar surface area (TPSA) is 69.2 Å². The summed E-state index contributed by atoms with van der Waals surface area (Å²) in [5.74, 6) is 0.452. The molecule has 1 aliphatic carbocycles. The van der Waals surface area contributed by atoms with Gasteiger partial charge in [0.1, 0.15) is 0 Å². The van der Waals surface area contributed by atoms with Gasteiger partial charge in [-0.2, -0.15) is 0 Å². The molecular formula is C12H15BrN2O2. The van der Waals surface area contributed by atoms with Crippen molar-refractivity contribution < 1.29 is 4.92 Å². The van der Waals surface area contributed by atoms with Gasteiger partial charge in [-0.15, -0.1) is 0 Å². The van der Waals surface area contributed by atoms with Crippen LogP contribution in [0.25, 0.3) is 0 Å². The second kappa shape index (κ2) is 5.14. The lowest BCUT2D eigenvalue weighted by atomic mass is 9.95. The fourth-order valence-electron chi connectivity index (χ4n) is 2.47. The Bertz CT molecular complexity index is 437. The molecule has 2 rings (SSSR count). The number of hydrogen-bond acceptors (Lipinski definition) is 3. The zero-order chi connectivity index (χ0) is 12.4. The van der Waals surface area contributed by atoms with Gasteiger partial charge in [-0.05, 0) is 46.7 Å². The van der Waals surface area contributed by atoms with E-state index in [2.05, 4.69) is 15.9 Å². The van der Waals surface area contributed by atoms with Crippen LogP contribution < -0.4 is 5.73 Å². The third-order valence-electron chi connectivity index (χ3n) is 3.45. The van der Waals surface area contributed by atoms with Crippen LogP contribution in [-0.2, 0) is 6.42 Å². The van der Waals surface area contributed by atoms with Crippen molar-refractivity contribution in [3.8, 4) is 0 Å². The standard InChI is InChI=1S/C12H15BrN2O2/c13-12-9(4-2-6-11(12)15(16)17)7-8-3-1-5-10(8)14/h2,4,6,8,10H,1,3,5,7,14H2. The van der Waals surface area contributed by atoms with Crippen molar-refractivity contribution in [3.05, 3.63) is 38.3 Å². The summed E-state index contributed by atoms with van der Waals surface area (Å²) in [6, 6.07) is 5.42. The molecule has 1 aliphatic rings. The highest BCUT2D eigenvalue weighted by Gasteiger charge is 2.26. The molecule has 2 unspecified atom stereocenters. The molecule has 2 atom stereocenters. The largest absolute Gasteiger partial charge is 0.327 e. The minimum Gasteiger partial charge on any atom is -0.327 e. The Morgan fingerprint density at radius 3 is 2.82 bits per heavy atom. The first-order valence-corrected chi connectivity index (χ1v) is 6.56. The van der Waals surface area contributed by atoms with Crippen LogP contribution in [0.3, 0.4) is 0 Å². The molecule has 2 N–H and O–H groups in total. The first-order valence-electron chi connectivity index (χ1n) is 5.77. The molecule has 0 saturated heterocycles. The Morgan fingerprint density at radius 1 is 1.47 bits per heavy atom. The summed E-state index contributed by atoms with van der Waals surface area (Å²) in [5.41, 5.74) is 7.15. The lowest BCUT2D eigenvalue weighted by molar-refractivity contribution is -0.385. The predicted octanol–water partition coefficient (Wildman–Crippen LogP) is 3.03. The fraction of sp³-hybridized carbons (Fsp3) is 0.500. The third-order valence-corrected chi connectivity index (χ3v) is 4.37. The summed E-state index contributed by atoms with van der Waals surface area (Å²) in [6.45, 7) is 0. The molecule has 0 aliphatic heterocycles. The minimum atomic E-state index is -0.359. The van der Waals surface area contributed by atoms with Gasteiger partial charge in [-0.3, -0.25) is 10.1 Å². The van der Waals surface area contributed by atoms with E-state index in [9.17, 15) is 10.1 Å². The molecule has 0 radical (unpaired) electrons. The zero-order valence-electron chi connectivity index (χ0n) is 9.43. The van der Waals surface area contributed by atoms with Crippen LogP contribution in [0.4, 0.5) is 5.69 Å². The Morgan fingerprint density at radius 2 is 2.24 bits per heavy atom. The van der Waals surface area contributed by atoms with Crippen molar-refractivity contribution in [2.45, 2.75) is 31.7 Å². The van der Waals surface area contributed by atoms with Gasteiger partial charge in [0.2, 0.25) is 0 Å². The molecule has 0 amide bonds. The van der Waals surface area contributed by atoms with Gasteiger partial charge in [-0.25, -0.2) is 0 Å². The summed E-state index contributed by atoms with van der Waals surface area (Å²) in [5, 5.41) is 10.8. The molecule has 92 valence electrons. The molecule has 17 heavy (non-hydrogen) atoms. The maximum atomic E-state index is 10.8. The Labute approximate surface area is 108 Å². The third kappa shape index (κ3) is 2.66. The summed E-state index contributed by atoms with van der Waals surface area (Å²) < 4.78 is 0.601. The van der Waals surface area contributed by atoms with E-state index in [0.717, 1.165) is 24.8 Å². The molecule has 1 aromatic rings. The molecule has 1 aromatic carbocycles. The van der Waals surface area contributed by atoms with E-state index < -0.39 is 0 Å². The van der Waals surface area contributed by atoms with Gasteiger partial charge in [0.15, 0.2) is 0 Å². The highest BCUT2D eigenvalue weighted by atomic mass is 79.9. The molecule has 0 spiro atoms. The van der Waals surface area contributed by atoms with Crippen molar-refractivity contribution in [1.29, 1.82) is 0 Å². The van der Waals surface area contributed by atoms with E-state index in [1.165, 1.54) is 12.5 Å². The van der Waals surface area contributed by atoms with E-state index >= 15 is 0 Å². The number of nitrogens with two attached hydrogens (primary N) is 1. The lowest BCUT2D eigenvalue weighted by Gasteiger charge is -2.15. The number of nitrogens with zero attached hydrogens (tertiary/aromatic N) is 1. The highest BCUT2D eigenvalue weighted by molar-refractivity contribution is 9.10. The summed E-state index contributed by atoms with van der Waals surface area (Å²) in [4.78, 5) is 10.5. The van der Waals surface area contributed by atoms with Gasteiger partial charge in [-0.1, -0.05) is 18.6 Å². The maximum absolute atomic E-state index is 10.8. The van der Waals surface area contributed by atoms with Gasteiger partial charge in [0, 0.05) is 12.1 Å². The van der Waals surface area contributed by atoms with Crippen LogP contribution in [-0.4, -0.2) is 11.0 Å². The highest BCUT2D eigenvalue weighted by Crippen LogP contribution is 2.33. The van der Waals surface area contributed by atoms with E-state index in [-0.39, 0.29) is 16.7 Å². The molecule has 0 aromatic heterocycles. The van der Waals surface area contributed by atoms with Crippen molar-refractivity contribution in [2.75, 3.05) is 0 Å². The molecule has 1 saturated carbocycles. The first kappa shape index (κ1) is 12.5. The summed E-state index contributed by atoms with van der Waals surface area (Å²) in [6.07, 6.45) is 4.18. The number of benzene rings is 1. The second-order valence-corrected chi connectivity index (χ2v) is 5.36. The van der Waals surface area contributed by atoms with Crippen molar-refractivity contribution in [3.63, 3.8) is 0 Å². The van der Waals surface area contributed by atoms with Gasteiger partial charge >= 0.3 is 0 Å². The molecule has 0 bridgehead atoms. The first-order chi connectivity index (χ1) is 8.09. The van der Waals surface area contributed by atoms with Crippen molar-refractivity contribution in [2.24, 2.45) is 11.7 Å². The summed E-state index contributed by atoms with van der Waals surface area (Å²) >= 11 is 3.33. The smallest absolute Gasteiger partial charge is 0.283 e. The average Bonchev–Trinajstić information content (AvgIpc) is 2.67. The van der Waals surface area contributed by atoms with Crippen LogP contribution in [0.15, 0.2) is 22.7 Å². The van der Waals surface area contributed by atoms with Crippen LogP contribution in [0.2, 0.25) is 0 Å². The zero-order valence-corrected chi connectivity index (χ0v) is 11.0. The number of nitro benzene ring substituents is 1. The van der Waals surface area contributed by atoms with Gasteiger partial charge in [0.25, 0.3) is 5.69 Å². The fourth-order valence-corrected chi connectivity index (χ4v) is 3.04. The second-order valence-electron chi connectivity index (χ2n) is 4.57. The van der Waals surface area contributed by atoms with E-state index in [1.807, 2.05) is 6.07 Å². The predicted molar refractivity (Wildman–Crippen MR) is 69.8 cm³/mol. The molecule has 4 nitrogen and oxygen atoms in total. The number of rotatable bonds is 3. The molecular weight excluding hydrogens is 284 g/mol. The number of halogens is 1. The van der Waals surface area contributed by atoms with Crippen LogP contribution >= 0.6 is 15.9 Å². The average molecular weight is 299 g/mol. The number of hydrogen-bond donors (Lipinski definition) is 1. The van der Waals surface area contributed by atoms with Gasteiger partial charge in [0.05, 0.1) is 9.40 Å². The van der Waals surface area contributed by atoms with Crippen molar-refractivity contribution >= 4 is 21.6 Å². The minimum absolute atomic E-state index is 0.133. The SMILES string of the molecule is NC1CCCC1Cc1cccc([N+](=O)[O-])c1Br. The number of nitro groups is 1. The monoisotopic (exact) mass is 298 g/mol. The van der Waals surface area contributed by atoms with E-state index in [1.54, 1.807) is 6.07 Å². The Hall–Kier alpha value is -0.940. The quantitative estimate of drug-likeness (QED) is 0.689. The van der Waals surface area contributed by atoms with Crippen LogP contribution in [0.1, 0.15) is 24.8 Å². The summed E-state index contributed by atoms with van der Waals surface area (Å²) in [7, 11) is 0. The Kier molecular flexibility index (Phi) is 3.79.